The number of aliphatic hydroxyl groups excluding tert-OH is 1. The first-order valence-electron chi connectivity index (χ1n) is 9.43. The van der Waals surface area contributed by atoms with Gasteiger partial charge in [0.15, 0.2) is 0 Å². The molecule has 3 N–H and O–H groups in total. The van der Waals surface area contributed by atoms with Gasteiger partial charge in [-0.2, -0.15) is 0 Å². The van der Waals surface area contributed by atoms with Gasteiger partial charge in [0, 0.05) is 35.4 Å². The van der Waals surface area contributed by atoms with Crippen LogP contribution in [0, 0.1) is 5.82 Å². The Kier molecular flexibility index (Phi) is 6.54. The van der Waals surface area contributed by atoms with Crippen molar-refractivity contribution >= 4 is 17.2 Å². The molecular formula is C23H23FN4O2. The van der Waals surface area contributed by atoms with Crippen molar-refractivity contribution in [2.24, 2.45) is 0 Å². The summed E-state index contributed by atoms with van der Waals surface area (Å²) < 4.78 is 14.2. The van der Waals surface area contributed by atoms with Crippen molar-refractivity contribution < 1.29 is 14.3 Å². The molecule has 1 amide bonds. The van der Waals surface area contributed by atoms with Gasteiger partial charge in [-0.3, -0.25) is 14.8 Å². The van der Waals surface area contributed by atoms with Gasteiger partial charge in [0.1, 0.15) is 12.0 Å². The number of nitrogens with one attached hydrogen (secondary N) is 2. The Labute approximate surface area is 174 Å². The molecule has 0 aliphatic carbocycles. The quantitative estimate of drug-likeness (QED) is 0.519. The largest absolute Gasteiger partial charge is 0.389 e. The molecule has 2 heterocycles. The van der Waals surface area contributed by atoms with Crippen LogP contribution in [0.25, 0.3) is 16.8 Å². The van der Waals surface area contributed by atoms with E-state index in [1.54, 1.807) is 55.7 Å². The molecule has 154 valence electrons. The lowest BCUT2D eigenvalue weighted by Crippen LogP contribution is -2.47. The number of carbonyl (C=O) groups excluding carboxylic acids is 1. The highest BCUT2D eigenvalue weighted by Crippen LogP contribution is 2.29. The number of halogens is 1. The summed E-state index contributed by atoms with van der Waals surface area (Å²) in [6, 6.07) is 11.3. The summed E-state index contributed by atoms with van der Waals surface area (Å²) in [5.74, 6) is -0.780. The molecule has 2 aromatic heterocycles. The molecule has 1 unspecified atom stereocenters. The van der Waals surface area contributed by atoms with E-state index in [4.69, 9.17) is 0 Å². The zero-order valence-corrected chi connectivity index (χ0v) is 16.8. The van der Waals surface area contributed by atoms with E-state index in [-0.39, 0.29) is 5.91 Å². The molecule has 2 atom stereocenters. The summed E-state index contributed by atoms with van der Waals surface area (Å²) in [5, 5.41) is 16.1. The van der Waals surface area contributed by atoms with Gasteiger partial charge in [-0.15, -0.1) is 0 Å². The minimum Gasteiger partial charge on any atom is -0.389 e. The van der Waals surface area contributed by atoms with Gasteiger partial charge in [-0.1, -0.05) is 18.7 Å². The number of rotatable bonds is 7. The normalized spacial score (nSPS) is 12.7. The molecule has 0 saturated carbocycles. The number of hydrogen-bond donors (Lipinski definition) is 3. The first-order chi connectivity index (χ1) is 14.4. The summed E-state index contributed by atoms with van der Waals surface area (Å²) in [4.78, 5) is 20.8. The van der Waals surface area contributed by atoms with Crippen molar-refractivity contribution in [2.75, 3.05) is 5.32 Å². The summed E-state index contributed by atoms with van der Waals surface area (Å²) in [5.41, 5.74) is 3.12. The highest BCUT2D eigenvalue weighted by molar-refractivity contribution is 5.94. The zero-order chi connectivity index (χ0) is 21.7. The SMILES string of the molecule is C=C(C)c1cnc(-c2ccccc2F)cc1NC(NC(=O)c1cccnc1)[C@H](C)O. The van der Waals surface area contributed by atoms with Crippen LogP contribution in [0.5, 0.6) is 0 Å². The van der Waals surface area contributed by atoms with E-state index in [9.17, 15) is 14.3 Å². The van der Waals surface area contributed by atoms with E-state index < -0.39 is 18.1 Å². The third-order valence-corrected chi connectivity index (χ3v) is 4.52. The maximum absolute atomic E-state index is 14.2. The fourth-order valence-electron chi connectivity index (χ4n) is 2.90. The number of allylic oxidation sites excluding steroid dienone is 1. The van der Waals surface area contributed by atoms with Crippen molar-refractivity contribution in [1.29, 1.82) is 0 Å². The monoisotopic (exact) mass is 406 g/mol. The molecule has 0 aliphatic heterocycles. The number of carbonyl (C=O) groups is 1. The van der Waals surface area contributed by atoms with Crippen LogP contribution in [-0.4, -0.2) is 33.3 Å². The number of aromatic nitrogens is 2. The second-order valence-electron chi connectivity index (χ2n) is 6.95. The van der Waals surface area contributed by atoms with Gasteiger partial charge in [-0.25, -0.2) is 4.39 Å². The van der Waals surface area contributed by atoms with Crippen LogP contribution in [0.4, 0.5) is 10.1 Å². The van der Waals surface area contributed by atoms with Crippen molar-refractivity contribution in [3.8, 4) is 11.3 Å². The average molecular weight is 406 g/mol. The summed E-state index contributed by atoms with van der Waals surface area (Å²) in [6.07, 6.45) is 2.87. The second-order valence-corrected chi connectivity index (χ2v) is 6.95. The number of nitrogens with zero attached hydrogens (tertiary/aromatic N) is 2. The van der Waals surface area contributed by atoms with E-state index in [1.165, 1.54) is 12.3 Å². The number of benzene rings is 1. The van der Waals surface area contributed by atoms with Crippen LogP contribution in [0.2, 0.25) is 0 Å². The molecule has 30 heavy (non-hydrogen) atoms. The summed E-state index contributed by atoms with van der Waals surface area (Å²) in [6.45, 7) is 7.33. The molecule has 0 bridgehead atoms. The lowest BCUT2D eigenvalue weighted by Gasteiger charge is -2.25. The molecule has 0 fully saturated rings. The number of aliphatic hydroxyl groups is 1. The lowest BCUT2D eigenvalue weighted by molar-refractivity contribution is 0.0879. The minimum atomic E-state index is -0.923. The Morgan fingerprint density at radius 3 is 2.60 bits per heavy atom. The maximum atomic E-state index is 14.2. The maximum Gasteiger partial charge on any atom is 0.254 e. The van der Waals surface area contributed by atoms with Crippen LogP contribution in [0.1, 0.15) is 29.8 Å². The Hall–Kier alpha value is -3.58. The fourth-order valence-corrected chi connectivity index (χ4v) is 2.90. The minimum absolute atomic E-state index is 0.349. The average Bonchev–Trinajstić information content (AvgIpc) is 2.74. The standard InChI is InChI=1S/C23H23FN4O2/c1-14(2)18-13-26-20(17-8-4-5-9-19(17)24)11-21(18)27-22(15(3)29)28-23(30)16-7-6-10-25-12-16/h4-13,15,22,29H,1H2,2-3H3,(H,26,27)(H,28,30)/t15-,22?/m0/s1. The first kappa shape index (κ1) is 21.1. The van der Waals surface area contributed by atoms with E-state index in [1.807, 2.05) is 6.92 Å². The van der Waals surface area contributed by atoms with E-state index in [2.05, 4.69) is 27.2 Å². The third kappa shape index (κ3) is 4.87. The van der Waals surface area contributed by atoms with Crippen molar-refractivity contribution in [2.45, 2.75) is 26.1 Å². The number of amides is 1. The molecule has 0 radical (unpaired) electrons. The van der Waals surface area contributed by atoms with Crippen LogP contribution in [0.15, 0.2) is 67.6 Å². The van der Waals surface area contributed by atoms with Crippen LogP contribution in [0.3, 0.4) is 0 Å². The van der Waals surface area contributed by atoms with Gasteiger partial charge >= 0.3 is 0 Å². The predicted octanol–water partition coefficient (Wildman–Crippen LogP) is 3.86. The molecule has 0 spiro atoms. The Morgan fingerprint density at radius 1 is 1.20 bits per heavy atom. The molecule has 6 nitrogen and oxygen atoms in total. The van der Waals surface area contributed by atoms with Gasteiger partial charge < -0.3 is 15.7 Å². The van der Waals surface area contributed by atoms with Gasteiger partial charge in [0.25, 0.3) is 5.91 Å². The summed E-state index contributed by atoms with van der Waals surface area (Å²) in [7, 11) is 0. The highest BCUT2D eigenvalue weighted by Gasteiger charge is 2.21. The van der Waals surface area contributed by atoms with Gasteiger partial charge in [0.05, 0.1) is 17.4 Å². The fraction of sp³-hybridized carbons (Fsp3) is 0.174. The van der Waals surface area contributed by atoms with Crippen LogP contribution in [-0.2, 0) is 0 Å². The molecule has 7 heteroatoms. The lowest BCUT2D eigenvalue weighted by atomic mass is 10.0. The van der Waals surface area contributed by atoms with E-state index in [0.29, 0.717) is 28.1 Å². The third-order valence-electron chi connectivity index (χ3n) is 4.52. The van der Waals surface area contributed by atoms with E-state index in [0.717, 1.165) is 5.57 Å². The van der Waals surface area contributed by atoms with E-state index >= 15 is 0 Å². The Balaban J connectivity index is 1.93. The topological polar surface area (TPSA) is 87.1 Å². The second kappa shape index (κ2) is 9.28. The zero-order valence-electron chi connectivity index (χ0n) is 16.8. The Morgan fingerprint density at radius 2 is 1.97 bits per heavy atom. The number of hydrogen-bond acceptors (Lipinski definition) is 5. The van der Waals surface area contributed by atoms with Crippen LogP contribution >= 0.6 is 0 Å². The number of pyridine rings is 2. The predicted molar refractivity (Wildman–Crippen MR) is 115 cm³/mol. The summed E-state index contributed by atoms with van der Waals surface area (Å²) >= 11 is 0. The number of anilines is 1. The van der Waals surface area contributed by atoms with Crippen molar-refractivity contribution in [3.63, 3.8) is 0 Å². The van der Waals surface area contributed by atoms with Gasteiger partial charge in [-0.05, 0) is 49.8 Å². The van der Waals surface area contributed by atoms with Crippen molar-refractivity contribution in [1.82, 2.24) is 15.3 Å². The van der Waals surface area contributed by atoms with Crippen molar-refractivity contribution in [3.05, 3.63) is 84.6 Å². The molecule has 0 saturated heterocycles. The molecule has 1 aromatic carbocycles. The molecule has 3 rings (SSSR count). The highest BCUT2D eigenvalue weighted by atomic mass is 19.1. The molecule has 3 aromatic rings. The van der Waals surface area contributed by atoms with Crippen LogP contribution < -0.4 is 10.6 Å². The van der Waals surface area contributed by atoms with Gasteiger partial charge in [0.2, 0.25) is 0 Å². The first-order valence-corrected chi connectivity index (χ1v) is 9.43. The molecule has 0 aliphatic rings. The molecular weight excluding hydrogens is 383 g/mol. The smallest absolute Gasteiger partial charge is 0.254 e. The Bertz CT molecular complexity index is 1050.